The number of hydrogen-bond acceptors (Lipinski definition) is 9. The summed E-state index contributed by atoms with van der Waals surface area (Å²) in [6, 6.07) is 21.1. The number of rotatable bonds is 27. The number of nitrogens with zero attached hydrogens (tertiary/aromatic N) is 2. The van der Waals surface area contributed by atoms with Crippen molar-refractivity contribution in [1.82, 2.24) is 25.6 Å². The van der Waals surface area contributed by atoms with Crippen LogP contribution in [0.4, 0.5) is 0 Å². The minimum Gasteiger partial charge on any atom is -0.370 e. The van der Waals surface area contributed by atoms with Crippen LogP contribution in [-0.2, 0) is 35.6 Å². The SMILES string of the molecule is NC(N)=NCCC[C@H](NC(=O)[C@@H](CCCCCCCCN1C(=O)c2ccccc2C1=O)C1CCCC1)C(=O)N[C@@H](Cc1ccccc1)C(=O)C(=O)NCCNS(=O)(=O)c1ccccc1. The van der Waals surface area contributed by atoms with E-state index >= 15 is 0 Å². The zero-order valence-electron chi connectivity index (χ0n) is 36.3. The monoisotopic (exact) mass is 898 g/mol. The van der Waals surface area contributed by atoms with Crippen LogP contribution in [0.15, 0.2) is 94.8 Å². The third-order valence-electron chi connectivity index (χ3n) is 11.8. The summed E-state index contributed by atoms with van der Waals surface area (Å²) in [7, 11) is -3.84. The summed E-state index contributed by atoms with van der Waals surface area (Å²) in [4.78, 5) is 86.0. The molecule has 5 rings (SSSR count). The van der Waals surface area contributed by atoms with E-state index in [4.69, 9.17) is 11.5 Å². The Morgan fingerprint density at radius 1 is 0.688 bits per heavy atom. The number of Topliss-reactive ketones (excluding diaryl/α,β-unsaturated/α-hetero) is 1. The van der Waals surface area contributed by atoms with Gasteiger partial charge in [-0.05, 0) is 74.3 Å². The number of nitrogens with one attached hydrogen (secondary N) is 4. The molecule has 2 aliphatic rings. The number of fused-ring (bicyclic) bond motifs is 1. The molecule has 1 saturated carbocycles. The number of amides is 5. The van der Waals surface area contributed by atoms with Gasteiger partial charge in [-0.2, -0.15) is 0 Å². The van der Waals surface area contributed by atoms with Gasteiger partial charge in [0.15, 0.2) is 5.96 Å². The van der Waals surface area contributed by atoms with Gasteiger partial charge in [-0.15, -0.1) is 0 Å². The van der Waals surface area contributed by atoms with E-state index in [1.165, 1.54) is 17.0 Å². The summed E-state index contributed by atoms with van der Waals surface area (Å²) in [6.45, 7) is 0.217. The van der Waals surface area contributed by atoms with Gasteiger partial charge in [0, 0.05) is 38.5 Å². The topological polar surface area (TPSA) is 252 Å². The van der Waals surface area contributed by atoms with E-state index in [0.717, 1.165) is 57.8 Å². The van der Waals surface area contributed by atoms with Crippen molar-refractivity contribution < 1.29 is 37.2 Å². The molecule has 3 aromatic rings. The van der Waals surface area contributed by atoms with Crippen molar-refractivity contribution in [3.63, 3.8) is 0 Å². The van der Waals surface area contributed by atoms with E-state index in [0.29, 0.717) is 42.5 Å². The molecule has 8 N–H and O–H groups in total. The molecule has 0 unspecified atom stereocenters. The smallest absolute Gasteiger partial charge is 0.289 e. The summed E-state index contributed by atoms with van der Waals surface area (Å²) in [5.41, 5.74) is 12.7. The van der Waals surface area contributed by atoms with E-state index in [2.05, 4.69) is 25.7 Å². The highest BCUT2D eigenvalue weighted by Gasteiger charge is 2.36. The van der Waals surface area contributed by atoms with Crippen molar-refractivity contribution in [1.29, 1.82) is 0 Å². The van der Waals surface area contributed by atoms with E-state index in [-0.39, 0.29) is 72.9 Å². The van der Waals surface area contributed by atoms with Crippen molar-refractivity contribution in [2.45, 2.75) is 107 Å². The van der Waals surface area contributed by atoms with Crippen LogP contribution in [0.2, 0.25) is 0 Å². The summed E-state index contributed by atoms with van der Waals surface area (Å²) in [5.74, 6) is -3.56. The molecule has 0 saturated heterocycles. The molecule has 0 bridgehead atoms. The molecular weight excluding hydrogens is 837 g/mol. The number of carbonyl (C=O) groups is 6. The molecule has 1 heterocycles. The highest BCUT2D eigenvalue weighted by Crippen LogP contribution is 2.35. The maximum absolute atomic E-state index is 14.2. The molecule has 0 radical (unpaired) electrons. The maximum atomic E-state index is 14.2. The first-order valence-corrected chi connectivity index (χ1v) is 23.9. The Morgan fingerprint density at radius 2 is 1.27 bits per heavy atom. The minimum absolute atomic E-state index is 0.0123. The normalized spacial score (nSPS) is 15.2. The van der Waals surface area contributed by atoms with E-state index in [1.807, 2.05) is 0 Å². The lowest BCUT2D eigenvalue weighted by Gasteiger charge is -2.27. The van der Waals surface area contributed by atoms with Crippen LogP contribution in [-0.4, -0.2) is 92.9 Å². The molecule has 3 atom stereocenters. The zero-order chi connectivity index (χ0) is 45.9. The van der Waals surface area contributed by atoms with Gasteiger partial charge >= 0.3 is 0 Å². The number of imide groups is 1. The average molecular weight is 899 g/mol. The van der Waals surface area contributed by atoms with Crippen molar-refractivity contribution in [3.05, 3.63) is 102 Å². The average Bonchev–Trinajstić information content (AvgIpc) is 3.91. The van der Waals surface area contributed by atoms with E-state index < -0.39 is 39.7 Å². The Balaban J connectivity index is 1.16. The third-order valence-corrected chi connectivity index (χ3v) is 13.3. The number of sulfonamides is 1. The summed E-state index contributed by atoms with van der Waals surface area (Å²) in [5, 5.41) is 8.21. The zero-order valence-corrected chi connectivity index (χ0v) is 37.2. The minimum atomic E-state index is -3.84. The third kappa shape index (κ3) is 14.6. The van der Waals surface area contributed by atoms with Crippen molar-refractivity contribution in [2.24, 2.45) is 28.3 Å². The maximum Gasteiger partial charge on any atom is 0.289 e. The highest BCUT2D eigenvalue weighted by atomic mass is 32.2. The van der Waals surface area contributed by atoms with Crippen molar-refractivity contribution in [3.8, 4) is 0 Å². The summed E-state index contributed by atoms with van der Waals surface area (Å²) >= 11 is 0. The molecule has 64 heavy (non-hydrogen) atoms. The van der Waals surface area contributed by atoms with Crippen LogP contribution in [0, 0.1) is 11.8 Å². The first kappa shape index (κ1) is 49.1. The fourth-order valence-electron chi connectivity index (χ4n) is 8.40. The number of hydrogen-bond donors (Lipinski definition) is 6. The lowest BCUT2D eigenvalue weighted by Crippen LogP contribution is -2.55. The molecule has 1 fully saturated rings. The molecule has 1 aliphatic carbocycles. The van der Waals surface area contributed by atoms with Gasteiger partial charge in [-0.25, -0.2) is 13.1 Å². The predicted octanol–water partition coefficient (Wildman–Crippen LogP) is 3.75. The Kier molecular flexibility index (Phi) is 19.0. The number of unbranched alkanes of at least 4 members (excludes halogenated alkanes) is 5. The molecule has 344 valence electrons. The second-order valence-electron chi connectivity index (χ2n) is 16.5. The summed E-state index contributed by atoms with van der Waals surface area (Å²) in [6.07, 6.45) is 10.1. The van der Waals surface area contributed by atoms with Gasteiger partial charge in [0.05, 0.1) is 16.0 Å². The Bertz CT molecular complexity index is 2160. The van der Waals surface area contributed by atoms with Gasteiger partial charge in [0.25, 0.3) is 17.7 Å². The van der Waals surface area contributed by atoms with Crippen LogP contribution in [0.25, 0.3) is 0 Å². The first-order chi connectivity index (χ1) is 30.9. The lowest BCUT2D eigenvalue weighted by molar-refractivity contribution is -0.140. The molecule has 1 aliphatic heterocycles. The number of guanidine groups is 1. The summed E-state index contributed by atoms with van der Waals surface area (Å²) < 4.78 is 27.6. The predicted molar refractivity (Wildman–Crippen MR) is 243 cm³/mol. The van der Waals surface area contributed by atoms with Gasteiger partial charge in [0.1, 0.15) is 12.1 Å². The largest absolute Gasteiger partial charge is 0.370 e. The highest BCUT2D eigenvalue weighted by molar-refractivity contribution is 7.89. The second kappa shape index (κ2) is 24.8. The van der Waals surface area contributed by atoms with Crippen molar-refractivity contribution >= 4 is 51.3 Å². The number of carbonyl (C=O) groups excluding carboxylic acids is 6. The molecule has 17 heteroatoms. The standard InChI is InChI=1S/C47H62N8O8S/c48-47(49)51-28-17-27-39(43(58)54-40(32-33-18-7-5-8-19-33)41(56)44(59)50-29-30-52-64(62,63)35-22-9-6-10-23-35)53-42(57)36(34-20-12-13-21-34)24-11-3-1-2-4-16-31-55-45(60)37-25-14-15-26-38(37)46(55)61/h5-10,14-15,18-19,22-23,25-26,34,36,39-40,52H,1-4,11-13,16-17,20-21,24,27-32H2,(H,50,59)(H,53,57)(H,54,58)(H4,48,49,51)/t36-,39-,40-/m0/s1. The van der Waals surface area contributed by atoms with Crippen LogP contribution in [0.3, 0.4) is 0 Å². The van der Waals surface area contributed by atoms with Gasteiger partial charge in [0.2, 0.25) is 27.6 Å². The van der Waals surface area contributed by atoms with Crippen molar-refractivity contribution in [2.75, 3.05) is 26.2 Å². The number of nitrogens with two attached hydrogens (primary N) is 2. The van der Waals surface area contributed by atoms with Gasteiger partial charge in [-0.3, -0.25) is 38.7 Å². The fraction of sp³-hybridized carbons (Fsp3) is 0.468. The molecule has 0 spiro atoms. The Labute approximate surface area is 375 Å². The number of aliphatic imine (C=N–C) groups is 1. The molecule has 16 nitrogen and oxygen atoms in total. The quantitative estimate of drug-likeness (QED) is 0.0213. The molecule has 0 aromatic heterocycles. The first-order valence-electron chi connectivity index (χ1n) is 22.4. The molecular formula is C47H62N8O8S. The second-order valence-corrected chi connectivity index (χ2v) is 18.2. The van der Waals surface area contributed by atoms with Crippen LogP contribution in [0.1, 0.15) is 110 Å². The fourth-order valence-corrected chi connectivity index (χ4v) is 9.45. The Morgan fingerprint density at radius 3 is 1.91 bits per heavy atom. The van der Waals surface area contributed by atoms with E-state index in [9.17, 15) is 37.2 Å². The van der Waals surface area contributed by atoms with Crippen LogP contribution in [0.5, 0.6) is 0 Å². The lowest BCUT2D eigenvalue weighted by atomic mass is 9.85. The van der Waals surface area contributed by atoms with E-state index in [1.54, 1.807) is 72.8 Å². The van der Waals surface area contributed by atoms with Gasteiger partial charge in [-0.1, -0.05) is 106 Å². The van der Waals surface area contributed by atoms with Gasteiger partial charge < -0.3 is 27.4 Å². The Hall–Kier alpha value is -5.94. The molecule has 3 aromatic carbocycles. The van der Waals surface area contributed by atoms with Crippen LogP contribution >= 0.6 is 0 Å². The number of benzene rings is 3. The number of ketones is 1. The molecule has 5 amide bonds. The van der Waals surface area contributed by atoms with Crippen LogP contribution < -0.4 is 32.1 Å².